The van der Waals surface area contributed by atoms with Crippen molar-refractivity contribution in [3.63, 3.8) is 0 Å². The van der Waals surface area contributed by atoms with E-state index in [1.807, 2.05) is 41.8 Å². The van der Waals surface area contributed by atoms with Gasteiger partial charge in [-0.2, -0.15) is 4.98 Å². The Morgan fingerprint density at radius 1 is 1.07 bits per heavy atom. The molecule has 0 atom stereocenters. The lowest BCUT2D eigenvalue weighted by Gasteiger charge is -2.29. The van der Waals surface area contributed by atoms with Gasteiger partial charge in [-0.1, -0.05) is 6.07 Å². The van der Waals surface area contributed by atoms with Crippen LogP contribution in [-0.2, 0) is 0 Å². The van der Waals surface area contributed by atoms with Gasteiger partial charge in [0.25, 0.3) is 0 Å². The Bertz CT molecular complexity index is 876. The molecule has 1 aromatic carbocycles. The van der Waals surface area contributed by atoms with E-state index >= 15 is 0 Å². The molecule has 2 aromatic heterocycles. The number of methoxy groups -OCH3 is 1. The van der Waals surface area contributed by atoms with E-state index in [0.717, 1.165) is 42.1 Å². The van der Waals surface area contributed by atoms with Gasteiger partial charge in [-0.05, 0) is 55.6 Å². The van der Waals surface area contributed by atoms with Crippen LogP contribution in [0.4, 0.5) is 0 Å². The van der Waals surface area contributed by atoms with E-state index < -0.39 is 0 Å². The van der Waals surface area contributed by atoms with E-state index in [2.05, 4.69) is 22.1 Å². The SMILES string of the molecule is COc1ccc(-c2nnc(-c3cccs3)nc2OC2CCN(C)CC2)cc1. The van der Waals surface area contributed by atoms with Crippen LogP contribution < -0.4 is 9.47 Å². The molecule has 27 heavy (non-hydrogen) atoms. The Labute approximate surface area is 162 Å². The van der Waals surface area contributed by atoms with Crippen molar-refractivity contribution in [2.24, 2.45) is 0 Å². The fraction of sp³-hybridized carbons (Fsp3) is 0.350. The fourth-order valence-corrected chi connectivity index (χ4v) is 3.75. The zero-order valence-corrected chi connectivity index (χ0v) is 16.3. The van der Waals surface area contributed by atoms with Crippen molar-refractivity contribution >= 4 is 11.3 Å². The maximum Gasteiger partial charge on any atom is 0.244 e. The normalized spacial score (nSPS) is 15.6. The third-order valence-electron chi connectivity index (χ3n) is 4.70. The van der Waals surface area contributed by atoms with E-state index in [9.17, 15) is 0 Å². The fourth-order valence-electron chi connectivity index (χ4n) is 3.09. The number of nitrogens with zero attached hydrogens (tertiary/aromatic N) is 4. The quantitative estimate of drug-likeness (QED) is 0.670. The molecule has 1 saturated heterocycles. The molecule has 6 nitrogen and oxygen atoms in total. The van der Waals surface area contributed by atoms with Crippen molar-refractivity contribution in [2.75, 3.05) is 27.2 Å². The summed E-state index contributed by atoms with van der Waals surface area (Å²) in [6.07, 6.45) is 2.11. The second-order valence-corrected chi connectivity index (χ2v) is 7.56. The van der Waals surface area contributed by atoms with Gasteiger partial charge in [-0.25, -0.2) is 0 Å². The summed E-state index contributed by atoms with van der Waals surface area (Å²) in [6, 6.07) is 11.7. The smallest absolute Gasteiger partial charge is 0.244 e. The summed E-state index contributed by atoms with van der Waals surface area (Å²) in [6.45, 7) is 2.05. The third kappa shape index (κ3) is 4.09. The minimum Gasteiger partial charge on any atom is -0.497 e. The first kappa shape index (κ1) is 17.9. The molecule has 0 saturated carbocycles. The molecule has 0 bridgehead atoms. The van der Waals surface area contributed by atoms with E-state index in [1.54, 1.807) is 18.4 Å². The zero-order valence-electron chi connectivity index (χ0n) is 15.5. The van der Waals surface area contributed by atoms with Crippen LogP contribution in [0.25, 0.3) is 22.0 Å². The van der Waals surface area contributed by atoms with Gasteiger partial charge in [-0.3, -0.25) is 0 Å². The first-order valence-electron chi connectivity index (χ1n) is 9.01. The summed E-state index contributed by atoms with van der Waals surface area (Å²) < 4.78 is 11.6. The van der Waals surface area contributed by atoms with Gasteiger partial charge in [0.15, 0.2) is 11.5 Å². The molecule has 3 heterocycles. The van der Waals surface area contributed by atoms with Gasteiger partial charge in [0.05, 0.1) is 12.0 Å². The number of benzene rings is 1. The summed E-state index contributed by atoms with van der Waals surface area (Å²) in [5.74, 6) is 1.95. The van der Waals surface area contributed by atoms with Crippen LogP contribution in [0.3, 0.4) is 0 Å². The van der Waals surface area contributed by atoms with Crippen molar-refractivity contribution in [1.29, 1.82) is 0 Å². The highest BCUT2D eigenvalue weighted by Crippen LogP contribution is 2.31. The van der Waals surface area contributed by atoms with Crippen molar-refractivity contribution in [1.82, 2.24) is 20.1 Å². The van der Waals surface area contributed by atoms with Gasteiger partial charge < -0.3 is 14.4 Å². The first-order valence-corrected chi connectivity index (χ1v) is 9.89. The third-order valence-corrected chi connectivity index (χ3v) is 5.57. The Morgan fingerprint density at radius 2 is 1.85 bits per heavy atom. The van der Waals surface area contributed by atoms with Crippen molar-refractivity contribution in [3.05, 3.63) is 41.8 Å². The highest BCUT2D eigenvalue weighted by molar-refractivity contribution is 7.13. The molecule has 0 N–H and O–H groups in total. The number of hydrogen-bond donors (Lipinski definition) is 0. The minimum absolute atomic E-state index is 0.145. The second kappa shape index (κ2) is 8.02. The molecular formula is C20H22N4O2S. The number of hydrogen-bond acceptors (Lipinski definition) is 7. The minimum atomic E-state index is 0.145. The summed E-state index contributed by atoms with van der Waals surface area (Å²) in [5, 5.41) is 10.8. The molecule has 3 aromatic rings. The topological polar surface area (TPSA) is 60.4 Å². The number of ether oxygens (including phenoxy) is 2. The summed E-state index contributed by atoms with van der Waals surface area (Å²) in [7, 11) is 3.79. The van der Waals surface area contributed by atoms with E-state index in [0.29, 0.717) is 17.4 Å². The molecule has 1 aliphatic rings. The molecule has 1 aliphatic heterocycles. The summed E-state index contributed by atoms with van der Waals surface area (Å²) in [5.41, 5.74) is 1.58. The van der Waals surface area contributed by atoms with Crippen molar-refractivity contribution < 1.29 is 9.47 Å². The number of piperidine rings is 1. The molecule has 0 amide bonds. The van der Waals surface area contributed by atoms with Gasteiger partial charge in [0, 0.05) is 18.7 Å². The number of rotatable bonds is 5. The maximum atomic E-state index is 6.32. The Hall–Kier alpha value is -2.51. The van der Waals surface area contributed by atoms with Crippen LogP contribution in [0.5, 0.6) is 11.6 Å². The van der Waals surface area contributed by atoms with E-state index in [1.165, 1.54) is 0 Å². The van der Waals surface area contributed by atoms with Crippen molar-refractivity contribution in [2.45, 2.75) is 18.9 Å². The lowest BCUT2D eigenvalue weighted by atomic mass is 10.1. The Balaban J connectivity index is 1.68. The van der Waals surface area contributed by atoms with Crippen LogP contribution >= 0.6 is 11.3 Å². The molecule has 140 valence electrons. The predicted molar refractivity (Wildman–Crippen MR) is 106 cm³/mol. The molecule has 0 radical (unpaired) electrons. The molecule has 0 aliphatic carbocycles. The van der Waals surface area contributed by atoms with Crippen LogP contribution in [0.1, 0.15) is 12.8 Å². The lowest BCUT2D eigenvalue weighted by Crippen LogP contribution is -2.36. The molecule has 0 unspecified atom stereocenters. The highest BCUT2D eigenvalue weighted by atomic mass is 32.1. The molecular weight excluding hydrogens is 360 g/mol. The average Bonchev–Trinajstić information content (AvgIpc) is 3.25. The van der Waals surface area contributed by atoms with Gasteiger partial charge >= 0.3 is 0 Å². The van der Waals surface area contributed by atoms with Crippen molar-refractivity contribution in [3.8, 4) is 33.6 Å². The van der Waals surface area contributed by atoms with Gasteiger partial charge in [-0.15, -0.1) is 21.5 Å². The van der Waals surface area contributed by atoms with Crippen LogP contribution in [0.2, 0.25) is 0 Å². The zero-order chi connectivity index (χ0) is 18.6. The summed E-state index contributed by atoms with van der Waals surface area (Å²) >= 11 is 1.59. The van der Waals surface area contributed by atoms with E-state index in [-0.39, 0.29) is 6.10 Å². The molecule has 0 spiro atoms. The highest BCUT2D eigenvalue weighted by Gasteiger charge is 2.22. The van der Waals surface area contributed by atoms with Gasteiger partial charge in [0.2, 0.25) is 5.88 Å². The first-order chi connectivity index (χ1) is 13.2. The van der Waals surface area contributed by atoms with Crippen LogP contribution in [-0.4, -0.2) is 53.4 Å². The maximum absolute atomic E-state index is 6.32. The largest absolute Gasteiger partial charge is 0.497 e. The molecule has 7 heteroatoms. The lowest BCUT2D eigenvalue weighted by molar-refractivity contribution is 0.110. The number of likely N-dealkylation sites (tertiary alicyclic amines) is 1. The monoisotopic (exact) mass is 382 g/mol. The second-order valence-electron chi connectivity index (χ2n) is 6.62. The molecule has 1 fully saturated rings. The number of aromatic nitrogens is 3. The van der Waals surface area contributed by atoms with Crippen LogP contribution in [0.15, 0.2) is 41.8 Å². The van der Waals surface area contributed by atoms with E-state index in [4.69, 9.17) is 14.5 Å². The van der Waals surface area contributed by atoms with Crippen LogP contribution in [0, 0.1) is 0 Å². The average molecular weight is 382 g/mol. The predicted octanol–water partition coefficient (Wildman–Crippen LogP) is 3.75. The summed E-state index contributed by atoms with van der Waals surface area (Å²) in [4.78, 5) is 8.02. The standard InChI is InChI=1S/C20H22N4O2S/c1-24-11-9-16(10-12-24)26-20-18(14-5-7-15(25-2)8-6-14)22-23-19(21-20)17-4-3-13-27-17/h3-8,13,16H,9-12H2,1-2H3. The number of thiophene rings is 1. The molecule has 4 rings (SSSR count). The Morgan fingerprint density at radius 3 is 2.52 bits per heavy atom. The van der Waals surface area contributed by atoms with Gasteiger partial charge in [0.1, 0.15) is 11.9 Å². The Kier molecular flexibility index (Phi) is 5.31.